The Bertz CT molecular complexity index is 346. The molecule has 0 spiro atoms. The van der Waals surface area contributed by atoms with Crippen LogP contribution >= 0.6 is 28.3 Å². The molecular formula is C13H21BrClNO. The van der Waals surface area contributed by atoms with Crippen molar-refractivity contribution < 1.29 is 5.11 Å². The number of nitrogens with two attached hydrogens (primary N) is 1. The first-order valence-corrected chi connectivity index (χ1v) is 6.55. The third-order valence-corrected chi connectivity index (χ3v) is 3.47. The molecule has 0 heterocycles. The minimum absolute atomic E-state index is 0. The van der Waals surface area contributed by atoms with E-state index in [-0.39, 0.29) is 18.4 Å². The monoisotopic (exact) mass is 321 g/mol. The molecule has 0 aromatic heterocycles. The fraction of sp³-hybridized carbons (Fsp3) is 0.538. The van der Waals surface area contributed by atoms with Gasteiger partial charge in [0.2, 0.25) is 0 Å². The van der Waals surface area contributed by atoms with Gasteiger partial charge in [-0.2, -0.15) is 0 Å². The Morgan fingerprint density at radius 1 is 1.41 bits per heavy atom. The molecule has 0 aliphatic carbocycles. The number of hydrogen-bond acceptors (Lipinski definition) is 2. The SMILES string of the molecule is CCCC[C@@H](O)[C@@H](N)c1ccc(C)cc1Br.Cl. The van der Waals surface area contributed by atoms with E-state index in [1.165, 1.54) is 5.56 Å². The Hall–Kier alpha value is -0.0900. The molecule has 17 heavy (non-hydrogen) atoms. The molecule has 2 nitrogen and oxygen atoms in total. The zero-order valence-electron chi connectivity index (χ0n) is 10.3. The van der Waals surface area contributed by atoms with Gasteiger partial charge in [0.05, 0.1) is 12.1 Å². The van der Waals surface area contributed by atoms with Gasteiger partial charge >= 0.3 is 0 Å². The minimum atomic E-state index is -0.459. The van der Waals surface area contributed by atoms with Crippen molar-refractivity contribution in [3.05, 3.63) is 33.8 Å². The van der Waals surface area contributed by atoms with Gasteiger partial charge < -0.3 is 10.8 Å². The summed E-state index contributed by atoms with van der Waals surface area (Å²) in [6.45, 7) is 4.15. The Morgan fingerprint density at radius 2 is 2.06 bits per heavy atom. The molecule has 1 aromatic rings. The van der Waals surface area contributed by atoms with Crippen molar-refractivity contribution >= 4 is 28.3 Å². The summed E-state index contributed by atoms with van der Waals surface area (Å²) in [6, 6.07) is 5.73. The number of aliphatic hydroxyl groups is 1. The predicted molar refractivity (Wildman–Crippen MR) is 78.6 cm³/mol. The van der Waals surface area contributed by atoms with Crippen molar-refractivity contribution in [2.24, 2.45) is 5.73 Å². The van der Waals surface area contributed by atoms with Crippen LogP contribution in [0, 0.1) is 6.92 Å². The summed E-state index contributed by atoms with van der Waals surface area (Å²) < 4.78 is 0.982. The van der Waals surface area contributed by atoms with Gasteiger partial charge in [-0.1, -0.05) is 47.8 Å². The smallest absolute Gasteiger partial charge is 0.0733 e. The average Bonchev–Trinajstić information content (AvgIpc) is 2.25. The molecule has 0 saturated heterocycles. The number of halogens is 2. The summed E-state index contributed by atoms with van der Waals surface area (Å²) in [7, 11) is 0. The van der Waals surface area contributed by atoms with Crippen molar-refractivity contribution in [1.29, 1.82) is 0 Å². The zero-order chi connectivity index (χ0) is 12.1. The van der Waals surface area contributed by atoms with Crippen LogP contribution in [-0.4, -0.2) is 11.2 Å². The third-order valence-electron chi connectivity index (χ3n) is 2.78. The minimum Gasteiger partial charge on any atom is -0.391 e. The maximum atomic E-state index is 9.95. The van der Waals surface area contributed by atoms with E-state index >= 15 is 0 Å². The van der Waals surface area contributed by atoms with Crippen LogP contribution in [0.5, 0.6) is 0 Å². The van der Waals surface area contributed by atoms with Gasteiger partial charge in [0.1, 0.15) is 0 Å². The van der Waals surface area contributed by atoms with Crippen molar-refractivity contribution in [3.63, 3.8) is 0 Å². The highest BCUT2D eigenvalue weighted by Crippen LogP contribution is 2.26. The molecule has 0 amide bonds. The van der Waals surface area contributed by atoms with Crippen LogP contribution < -0.4 is 5.73 Å². The van der Waals surface area contributed by atoms with Crippen molar-refractivity contribution in [2.45, 2.75) is 45.3 Å². The van der Waals surface area contributed by atoms with E-state index in [0.29, 0.717) is 0 Å². The second kappa shape index (κ2) is 8.09. The van der Waals surface area contributed by atoms with E-state index < -0.39 is 6.10 Å². The Balaban J connectivity index is 0.00000256. The predicted octanol–water partition coefficient (Wildman–Crippen LogP) is 3.73. The molecule has 4 heteroatoms. The first-order chi connectivity index (χ1) is 7.56. The van der Waals surface area contributed by atoms with Crippen LogP contribution in [0.15, 0.2) is 22.7 Å². The van der Waals surface area contributed by atoms with Crippen LogP contribution in [0.3, 0.4) is 0 Å². The zero-order valence-corrected chi connectivity index (χ0v) is 12.7. The molecule has 0 aliphatic rings. The molecule has 0 fully saturated rings. The second-order valence-electron chi connectivity index (χ2n) is 4.26. The number of aryl methyl sites for hydroxylation is 1. The Morgan fingerprint density at radius 3 is 2.59 bits per heavy atom. The van der Waals surface area contributed by atoms with Gasteiger partial charge in [0.15, 0.2) is 0 Å². The molecule has 0 saturated carbocycles. The lowest BCUT2D eigenvalue weighted by Gasteiger charge is -2.20. The second-order valence-corrected chi connectivity index (χ2v) is 5.11. The Kier molecular flexibility index (Phi) is 8.05. The molecule has 98 valence electrons. The molecule has 1 aromatic carbocycles. The van der Waals surface area contributed by atoms with Crippen LogP contribution in [-0.2, 0) is 0 Å². The summed E-state index contributed by atoms with van der Waals surface area (Å²) in [5, 5.41) is 9.95. The van der Waals surface area contributed by atoms with Crippen LogP contribution in [0.1, 0.15) is 43.4 Å². The first kappa shape index (κ1) is 16.9. The maximum Gasteiger partial charge on any atom is 0.0733 e. The summed E-state index contributed by atoms with van der Waals surface area (Å²) in [4.78, 5) is 0. The fourth-order valence-corrected chi connectivity index (χ4v) is 2.46. The van der Waals surface area contributed by atoms with E-state index in [9.17, 15) is 5.11 Å². The maximum absolute atomic E-state index is 9.95. The van der Waals surface area contributed by atoms with E-state index in [0.717, 1.165) is 29.3 Å². The fourth-order valence-electron chi connectivity index (χ4n) is 1.70. The summed E-state index contributed by atoms with van der Waals surface area (Å²) in [5.74, 6) is 0. The van der Waals surface area contributed by atoms with Crippen molar-refractivity contribution in [3.8, 4) is 0 Å². The lowest BCUT2D eigenvalue weighted by atomic mass is 9.98. The highest BCUT2D eigenvalue weighted by atomic mass is 79.9. The molecule has 0 unspecified atom stereocenters. The summed E-state index contributed by atoms with van der Waals surface area (Å²) in [6.07, 6.45) is 2.40. The standard InChI is InChI=1S/C13H20BrNO.ClH/c1-3-4-5-12(16)13(15)10-7-6-9(2)8-11(10)14;/h6-8,12-13,16H,3-5,15H2,1-2H3;1H/t12-,13+;/m1./s1. The van der Waals surface area contributed by atoms with Crippen molar-refractivity contribution in [2.75, 3.05) is 0 Å². The summed E-state index contributed by atoms with van der Waals surface area (Å²) in [5.41, 5.74) is 8.22. The number of rotatable bonds is 5. The van der Waals surface area contributed by atoms with E-state index in [1.807, 2.05) is 25.1 Å². The third kappa shape index (κ3) is 4.96. The van der Waals surface area contributed by atoms with E-state index in [4.69, 9.17) is 5.73 Å². The highest BCUT2D eigenvalue weighted by molar-refractivity contribution is 9.10. The molecule has 2 atom stereocenters. The normalized spacial score (nSPS) is 13.9. The molecular weight excluding hydrogens is 302 g/mol. The quantitative estimate of drug-likeness (QED) is 0.867. The van der Waals surface area contributed by atoms with Gasteiger partial charge in [-0.05, 0) is 30.5 Å². The molecule has 0 radical (unpaired) electrons. The van der Waals surface area contributed by atoms with Crippen molar-refractivity contribution in [1.82, 2.24) is 0 Å². The van der Waals surface area contributed by atoms with Crippen LogP contribution in [0.2, 0.25) is 0 Å². The summed E-state index contributed by atoms with van der Waals surface area (Å²) >= 11 is 3.49. The van der Waals surface area contributed by atoms with Gasteiger partial charge in [0, 0.05) is 4.47 Å². The van der Waals surface area contributed by atoms with Gasteiger partial charge in [-0.25, -0.2) is 0 Å². The first-order valence-electron chi connectivity index (χ1n) is 5.76. The Labute approximate surface area is 118 Å². The van der Waals surface area contributed by atoms with Crippen LogP contribution in [0.4, 0.5) is 0 Å². The molecule has 0 aliphatic heterocycles. The van der Waals surface area contributed by atoms with E-state index in [2.05, 4.69) is 22.9 Å². The average molecular weight is 323 g/mol. The van der Waals surface area contributed by atoms with Gasteiger partial charge in [-0.3, -0.25) is 0 Å². The lowest BCUT2D eigenvalue weighted by Crippen LogP contribution is -2.26. The number of hydrogen-bond donors (Lipinski definition) is 2. The van der Waals surface area contributed by atoms with Gasteiger partial charge in [-0.15, -0.1) is 12.4 Å². The number of unbranched alkanes of at least 4 members (excludes halogenated alkanes) is 1. The largest absolute Gasteiger partial charge is 0.391 e. The topological polar surface area (TPSA) is 46.2 Å². The molecule has 1 rings (SSSR count). The van der Waals surface area contributed by atoms with Gasteiger partial charge in [0.25, 0.3) is 0 Å². The highest BCUT2D eigenvalue weighted by Gasteiger charge is 2.18. The lowest BCUT2D eigenvalue weighted by molar-refractivity contribution is 0.132. The number of benzene rings is 1. The van der Waals surface area contributed by atoms with Crippen LogP contribution in [0.25, 0.3) is 0 Å². The molecule has 0 bridgehead atoms. The number of aliphatic hydroxyl groups excluding tert-OH is 1. The molecule has 3 N–H and O–H groups in total. The van der Waals surface area contributed by atoms with E-state index in [1.54, 1.807) is 0 Å².